The molecule has 2 aromatic rings. The molecule has 2 rings (SSSR count). The molecule has 0 saturated heterocycles. The Hall–Kier alpha value is -2.76. The van der Waals surface area contributed by atoms with Crippen LogP contribution in [0.2, 0.25) is 0 Å². The van der Waals surface area contributed by atoms with Gasteiger partial charge in [-0.1, -0.05) is 18.2 Å². The molecule has 0 aliphatic rings. The van der Waals surface area contributed by atoms with Crippen molar-refractivity contribution < 1.29 is 9.47 Å². The van der Waals surface area contributed by atoms with Crippen molar-refractivity contribution in [3.05, 3.63) is 53.2 Å². The van der Waals surface area contributed by atoms with Gasteiger partial charge in [0.1, 0.15) is 5.75 Å². The topological polar surface area (TPSA) is 67.8 Å². The second-order valence-electron chi connectivity index (χ2n) is 6.08. The van der Waals surface area contributed by atoms with Gasteiger partial charge in [-0.25, -0.2) is 9.98 Å². The van der Waals surface area contributed by atoms with Gasteiger partial charge in [0.05, 0.1) is 20.3 Å². The van der Waals surface area contributed by atoms with Gasteiger partial charge in [-0.2, -0.15) is 0 Å². The molecule has 0 atom stereocenters. The second-order valence-corrected chi connectivity index (χ2v) is 6.08. The van der Waals surface area contributed by atoms with Crippen molar-refractivity contribution in [2.75, 3.05) is 26.8 Å². The lowest BCUT2D eigenvalue weighted by atomic mass is 10.1. The zero-order chi connectivity index (χ0) is 19.5. The van der Waals surface area contributed by atoms with Crippen molar-refractivity contribution in [2.24, 2.45) is 4.99 Å². The van der Waals surface area contributed by atoms with E-state index in [4.69, 9.17) is 9.47 Å². The Morgan fingerprint density at radius 3 is 2.78 bits per heavy atom. The molecule has 6 heteroatoms. The van der Waals surface area contributed by atoms with Crippen LogP contribution in [-0.4, -0.2) is 37.7 Å². The van der Waals surface area contributed by atoms with Gasteiger partial charge in [0.25, 0.3) is 0 Å². The van der Waals surface area contributed by atoms with E-state index < -0.39 is 0 Å². The highest BCUT2D eigenvalue weighted by Gasteiger charge is 2.05. The van der Waals surface area contributed by atoms with E-state index in [0.29, 0.717) is 19.0 Å². The average molecular weight is 370 g/mol. The Kier molecular flexibility index (Phi) is 8.42. The molecular formula is C21H30N4O2. The maximum absolute atomic E-state index is 5.57. The van der Waals surface area contributed by atoms with Gasteiger partial charge in [0.15, 0.2) is 5.96 Å². The van der Waals surface area contributed by atoms with Crippen LogP contribution in [0.5, 0.6) is 11.6 Å². The molecule has 1 aromatic carbocycles. The monoisotopic (exact) mass is 370 g/mol. The number of hydrogen-bond donors (Lipinski definition) is 2. The third kappa shape index (κ3) is 6.47. The van der Waals surface area contributed by atoms with Crippen molar-refractivity contribution in [1.29, 1.82) is 0 Å². The van der Waals surface area contributed by atoms with Crippen LogP contribution in [-0.2, 0) is 13.0 Å². The van der Waals surface area contributed by atoms with Crippen LogP contribution in [0.1, 0.15) is 30.5 Å². The van der Waals surface area contributed by atoms with Gasteiger partial charge >= 0.3 is 0 Å². The molecule has 0 amide bonds. The van der Waals surface area contributed by atoms with Crippen LogP contribution in [0.4, 0.5) is 0 Å². The first-order valence-electron chi connectivity index (χ1n) is 9.40. The van der Waals surface area contributed by atoms with E-state index >= 15 is 0 Å². The van der Waals surface area contributed by atoms with Gasteiger partial charge < -0.3 is 20.1 Å². The average Bonchev–Trinajstić information content (AvgIpc) is 2.68. The lowest BCUT2D eigenvalue weighted by Gasteiger charge is -2.13. The minimum atomic E-state index is 0.511. The zero-order valence-electron chi connectivity index (χ0n) is 16.7. The largest absolute Gasteiger partial charge is 0.496 e. The van der Waals surface area contributed by atoms with E-state index in [0.717, 1.165) is 42.3 Å². The Balaban J connectivity index is 1.96. The van der Waals surface area contributed by atoms with Gasteiger partial charge in [0.2, 0.25) is 5.88 Å². The van der Waals surface area contributed by atoms with E-state index in [1.165, 1.54) is 5.56 Å². The maximum atomic E-state index is 5.57. The predicted octanol–water partition coefficient (Wildman–Crippen LogP) is 3.10. The summed E-state index contributed by atoms with van der Waals surface area (Å²) in [5.74, 6) is 2.35. The molecule has 0 fully saturated rings. The first kappa shape index (κ1) is 20.6. The summed E-state index contributed by atoms with van der Waals surface area (Å²) >= 11 is 0. The summed E-state index contributed by atoms with van der Waals surface area (Å²) in [5.41, 5.74) is 3.34. The Morgan fingerprint density at radius 2 is 2.04 bits per heavy atom. The number of nitrogens with zero attached hydrogens (tertiary/aromatic N) is 2. The third-order valence-corrected chi connectivity index (χ3v) is 4.06. The molecule has 0 aliphatic heterocycles. The number of methoxy groups -OCH3 is 1. The standard InChI is InChI=1S/C21H30N4O2/c1-5-22-21(25-15-18-8-7-12-23-20(18)27-6-2)24-13-11-17-10-9-16(3)19(14-17)26-4/h7-10,12,14H,5-6,11,13,15H2,1-4H3,(H2,22,24,25). The van der Waals surface area contributed by atoms with E-state index in [2.05, 4.69) is 45.7 Å². The number of nitrogens with one attached hydrogen (secondary N) is 2. The predicted molar refractivity (Wildman–Crippen MR) is 110 cm³/mol. The number of aliphatic imine (C=N–C) groups is 1. The minimum absolute atomic E-state index is 0.511. The fraction of sp³-hybridized carbons (Fsp3) is 0.429. The van der Waals surface area contributed by atoms with Crippen molar-refractivity contribution >= 4 is 5.96 Å². The smallest absolute Gasteiger partial charge is 0.218 e. The lowest BCUT2D eigenvalue weighted by Crippen LogP contribution is -2.38. The molecule has 27 heavy (non-hydrogen) atoms. The molecule has 1 aromatic heterocycles. The molecule has 146 valence electrons. The van der Waals surface area contributed by atoms with Gasteiger partial charge in [-0.05, 0) is 50.5 Å². The molecule has 0 spiro atoms. The molecule has 6 nitrogen and oxygen atoms in total. The molecule has 0 bridgehead atoms. The van der Waals surface area contributed by atoms with E-state index in [-0.39, 0.29) is 0 Å². The Morgan fingerprint density at radius 1 is 1.19 bits per heavy atom. The normalized spacial score (nSPS) is 11.2. The number of pyridine rings is 1. The molecule has 0 aliphatic carbocycles. The van der Waals surface area contributed by atoms with E-state index in [1.807, 2.05) is 26.0 Å². The number of aryl methyl sites for hydroxylation is 1. The highest BCUT2D eigenvalue weighted by Crippen LogP contribution is 2.19. The van der Waals surface area contributed by atoms with E-state index in [9.17, 15) is 0 Å². The SMILES string of the molecule is CCNC(=NCc1cccnc1OCC)NCCc1ccc(C)c(OC)c1. The van der Waals surface area contributed by atoms with Gasteiger partial charge in [0, 0.05) is 24.8 Å². The Bertz CT molecular complexity index is 747. The third-order valence-electron chi connectivity index (χ3n) is 4.06. The first-order chi connectivity index (χ1) is 13.2. The van der Waals surface area contributed by atoms with Gasteiger partial charge in [-0.3, -0.25) is 0 Å². The summed E-state index contributed by atoms with van der Waals surface area (Å²) in [6.07, 6.45) is 2.62. The molecule has 1 heterocycles. The van der Waals surface area contributed by atoms with Crippen molar-refractivity contribution in [1.82, 2.24) is 15.6 Å². The lowest BCUT2D eigenvalue weighted by molar-refractivity contribution is 0.323. The first-order valence-corrected chi connectivity index (χ1v) is 9.40. The van der Waals surface area contributed by atoms with Crippen LogP contribution in [0.25, 0.3) is 0 Å². The molecule has 0 radical (unpaired) electrons. The number of rotatable bonds is 9. The fourth-order valence-corrected chi connectivity index (χ4v) is 2.66. The maximum Gasteiger partial charge on any atom is 0.218 e. The summed E-state index contributed by atoms with van der Waals surface area (Å²) < 4.78 is 11.0. The van der Waals surface area contributed by atoms with Crippen LogP contribution in [0, 0.1) is 6.92 Å². The summed E-state index contributed by atoms with van der Waals surface area (Å²) in [6, 6.07) is 10.2. The summed E-state index contributed by atoms with van der Waals surface area (Å²) in [6.45, 7) is 8.73. The van der Waals surface area contributed by atoms with Crippen molar-refractivity contribution in [3.8, 4) is 11.6 Å². The highest BCUT2D eigenvalue weighted by molar-refractivity contribution is 5.79. The van der Waals surface area contributed by atoms with E-state index in [1.54, 1.807) is 13.3 Å². The molecule has 0 unspecified atom stereocenters. The summed E-state index contributed by atoms with van der Waals surface area (Å²) in [5, 5.41) is 6.66. The zero-order valence-corrected chi connectivity index (χ0v) is 16.7. The van der Waals surface area contributed by atoms with Crippen LogP contribution < -0.4 is 20.1 Å². The summed E-state index contributed by atoms with van der Waals surface area (Å²) in [7, 11) is 1.70. The van der Waals surface area contributed by atoms with Crippen LogP contribution in [0.3, 0.4) is 0 Å². The number of hydrogen-bond acceptors (Lipinski definition) is 4. The number of aromatic nitrogens is 1. The summed E-state index contributed by atoms with van der Waals surface area (Å²) in [4.78, 5) is 8.93. The number of guanidine groups is 1. The minimum Gasteiger partial charge on any atom is -0.496 e. The van der Waals surface area contributed by atoms with Crippen molar-refractivity contribution in [3.63, 3.8) is 0 Å². The van der Waals surface area contributed by atoms with Crippen LogP contribution >= 0.6 is 0 Å². The quantitative estimate of drug-likeness (QED) is 0.524. The number of ether oxygens (including phenoxy) is 2. The molecule has 0 saturated carbocycles. The second kappa shape index (κ2) is 11.1. The highest BCUT2D eigenvalue weighted by atomic mass is 16.5. The fourth-order valence-electron chi connectivity index (χ4n) is 2.66. The Labute approximate surface area is 162 Å². The number of benzene rings is 1. The van der Waals surface area contributed by atoms with Crippen molar-refractivity contribution in [2.45, 2.75) is 33.7 Å². The molecular weight excluding hydrogens is 340 g/mol. The van der Waals surface area contributed by atoms with Gasteiger partial charge in [-0.15, -0.1) is 0 Å². The molecule has 2 N–H and O–H groups in total. The van der Waals surface area contributed by atoms with Crippen LogP contribution in [0.15, 0.2) is 41.5 Å².